The molecule has 18 heavy (non-hydrogen) atoms. The normalized spacial score (nSPS) is 17.1. The molecule has 1 atom stereocenters. The lowest BCUT2D eigenvalue weighted by Crippen LogP contribution is -2.36. The summed E-state index contributed by atoms with van der Waals surface area (Å²) in [6.45, 7) is 4.99. The summed E-state index contributed by atoms with van der Waals surface area (Å²) in [6, 6.07) is 0.622. The summed E-state index contributed by atoms with van der Waals surface area (Å²) in [4.78, 5) is 7.94. The fourth-order valence-corrected chi connectivity index (χ4v) is 2.91. The summed E-state index contributed by atoms with van der Waals surface area (Å²) >= 11 is 1.61. The van der Waals surface area contributed by atoms with Gasteiger partial charge in [0.2, 0.25) is 0 Å². The zero-order valence-electron chi connectivity index (χ0n) is 11.1. The molecule has 1 aliphatic carbocycles. The number of hydrogen-bond acceptors (Lipinski definition) is 6. The van der Waals surface area contributed by atoms with Crippen molar-refractivity contribution in [2.24, 2.45) is 11.8 Å². The average molecular weight is 270 g/mol. The van der Waals surface area contributed by atoms with Crippen LogP contribution < -0.4 is 11.3 Å². The number of nitrogens with one attached hydrogen (secondary N) is 1. The highest BCUT2D eigenvalue weighted by Gasteiger charge is 2.31. The fraction of sp³-hybridized carbons (Fsp3) is 0.750. The van der Waals surface area contributed by atoms with E-state index < -0.39 is 0 Å². The summed E-state index contributed by atoms with van der Waals surface area (Å²) in [5, 5.41) is 0.774. The van der Waals surface area contributed by atoms with Crippen LogP contribution in [0.4, 0.5) is 5.13 Å². The number of anilines is 1. The number of hydrazine groups is 1. The quantitative estimate of drug-likeness (QED) is 0.556. The van der Waals surface area contributed by atoms with Crippen LogP contribution in [-0.4, -0.2) is 36.2 Å². The number of rotatable bonds is 8. The van der Waals surface area contributed by atoms with Crippen LogP contribution >= 0.6 is 11.3 Å². The summed E-state index contributed by atoms with van der Waals surface area (Å²) in [6.07, 6.45) is 4.63. The molecule has 1 aromatic rings. The van der Waals surface area contributed by atoms with Gasteiger partial charge in [0.15, 0.2) is 5.13 Å². The molecule has 102 valence electrons. The summed E-state index contributed by atoms with van der Waals surface area (Å²) in [7, 11) is 1.75. The maximum Gasteiger partial charge on any atom is 0.197 e. The third-order valence-electron chi connectivity index (χ3n) is 3.50. The number of aromatic nitrogens is 1. The van der Waals surface area contributed by atoms with Gasteiger partial charge in [-0.05, 0) is 25.7 Å². The van der Waals surface area contributed by atoms with E-state index in [4.69, 9.17) is 10.6 Å². The monoisotopic (exact) mass is 270 g/mol. The third-order valence-corrected chi connectivity index (χ3v) is 4.41. The smallest absolute Gasteiger partial charge is 0.197 e. The van der Waals surface area contributed by atoms with E-state index in [1.165, 1.54) is 17.7 Å². The van der Waals surface area contributed by atoms with Crippen LogP contribution in [0.1, 0.15) is 24.6 Å². The van der Waals surface area contributed by atoms with Crippen LogP contribution in [-0.2, 0) is 11.3 Å². The van der Waals surface area contributed by atoms with E-state index in [1.54, 1.807) is 18.4 Å². The van der Waals surface area contributed by atoms with Crippen LogP contribution in [0.5, 0.6) is 0 Å². The molecule has 0 saturated heterocycles. The van der Waals surface area contributed by atoms with Gasteiger partial charge in [-0.1, -0.05) is 11.3 Å². The van der Waals surface area contributed by atoms with Gasteiger partial charge in [-0.25, -0.2) is 10.8 Å². The molecule has 0 amide bonds. The highest BCUT2D eigenvalue weighted by atomic mass is 32.1. The number of hydrogen-bond donors (Lipinski definition) is 2. The fourth-order valence-electron chi connectivity index (χ4n) is 2.16. The summed E-state index contributed by atoms with van der Waals surface area (Å²) < 4.78 is 5.20. The molecular formula is C12H22N4OS. The van der Waals surface area contributed by atoms with E-state index in [0.717, 1.165) is 30.7 Å². The molecule has 0 aliphatic heterocycles. The molecule has 5 nitrogen and oxygen atoms in total. The Bertz CT molecular complexity index is 367. The molecule has 3 N–H and O–H groups in total. The van der Waals surface area contributed by atoms with Crippen molar-refractivity contribution in [1.29, 1.82) is 0 Å². The molecule has 1 aliphatic rings. The SMILES string of the molecule is COCCN(Cc1cnc(NN)s1)C(C)C1CC1. The van der Waals surface area contributed by atoms with Gasteiger partial charge in [0.1, 0.15) is 0 Å². The van der Waals surface area contributed by atoms with Crippen molar-refractivity contribution in [1.82, 2.24) is 9.88 Å². The predicted octanol–water partition coefficient (Wildman–Crippen LogP) is 1.68. The van der Waals surface area contributed by atoms with E-state index in [9.17, 15) is 0 Å². The van der Waals surface area contributed by atoms with E-state index in [-0.39, 0.29) is 0 Å². The molecule has 0 bridgehead atoms. The summed E-state index contributed by atoms with van der Waals surface area (Å²) in [5.41, 5.74) is 2.59. The zero-order chi connectivity index (χ0) is 13.0. The third kappa shape index (κ3) is 3.65. The van der Waals surface area contributed by atoms with Gasteiger partial charge in [-0.15, -0.1) is 0 Å². The molecule has 1 unspecified atom stereocenters. The van der Waals surface area contributed by atoms with E-state index in [1.807, 2.05) is 6.20 Å². The van der Waals surface area contributed by atoms with Crippen LogP contribution in [0.2, 0.25) is 0 Å². The Kier molecular flexibility index (Phi) is 4.94. The van der Waals surface area contributed by atoms with Crippen LogP contribution in [0.3, 0.4) is 0 Å². The van der Waals surface area contributed by atoms with Crippen molar-refractivity contribution in [3.63, 3.8) is 0 Å². The van der Waals surface area contributed by atoms with Gasteiger partial charge in [0.05, 0.1) is 6.61 Å². The first-order valence-corrected chi connectivity index (χ1v) is 7.20. The second-order valence-electron chi connectivity index (χ2n) is 4.82. The van der Waals surface area contributed by atoms with Crippen LogP contribution in [0, 0.1) is 5.92 Å². The highest BCUT2D eigenvalue weighted by molar-refractivity contribution is 7.15. The van der Waals surface area contributed by atoms with E-state index >= 15 is 0 Å². The van der Waals surface area contributed by atoms with E-state index in [2.05, 4.69) is 22.2 Å². The first-order chi connectivity index (χ1) is 8.74. The first kappa shape index (κ1) is 13.7. The molecule has 1 heterocycles. The first-order valence-electron chi connectivity index (χ1n) is 6.39. The minimum Gasteiger partial charge on any atom is -0.383 e. The Morgan fingerprint density at radius 2 is 2.44 bits per heavy atom. The van der Waals surface area contributed by atoms with Crippen molar-refractivity contribution in [3.8, 4) is 0 Å². The maximum atomic E-state index is 5.36. The van der Waals surface area contributed by atoms with Gasteiger partial charge in [0.25, 0.3) is 0 Å². The van der Waals surface area contributed by atoms with Gasteiger partial charge >= 0.3 is 0 Å². The Labute approximate surface area is 112 Å². The molecule has 1 saturated carbocycles. The standard InChI is InChI=1S/C12H22N4OS/c1-9(10-3-4-10)16(5-6-17-2)8-11-7-14-12(15-13)18-11/h7,9-10H,3-6,8,13H2,1-2H3,(H,14,15). The predicted molar refractivity (Wildman–Crippen MR) is 74.4 cm³/mol. The van der Waals surface area contributed by atoms with Crippen LogP contribution in [0.15, 0.2) is 6.20 Å². The number of nitrogens with two attached hydrogens (primary N) is 1. The lowest BCUT2D eigenvalue weighted by Gasteiger charge is -2.28. The van der Waals surface area contributed by atoms with Crippen LogP contribution in [0.25, 0.3) is 0 Å². The van der Waals surface area contributed by atoms with Crippen molar-refractivity contribution in [3.05, 3.63) is 11.1 Å². The minimum atomic E-state index is 0.622. The molecule has 2 rings (SSSR count). The lowest BCUT2D eigenvalue weighted by molar-refractivity contribution is 0.112. The van der Waals surface area contributed by atoms with Crippen molar-refractivity contribution >= 4 is 16.5 Å². The van der Waals surface area contributed by atoms with Crippen molar-refractivity contribution in [2.75, 3.05) is 25.7 Å². The number of nitrogen functional groups attached to an aromatic ring is 1. The number of ether oxygens (including phenoxy) is 1. The molecule has 1 aromatic heterocycles. The van der Waals surface area contributed by atoms with Gasteiger partial charge in [-0.3, -0.25) is 10.3 Å². The largest absolute Gasteiger partial charge is 0.383 e. The Balaban J connectivity index is 1.94. The zero-order valence-corrected chi connectivity index (χ0v) is 11.9. The molecule has 0 radical (unpaired) electrons. The van der Waals surface area contributed by atoms with E-state index in [0.29, 0.717) is 6.04 Å². The average Bonchev–Trinajstić information content (AvgIpc) is 3.14. The van der Waals surface area contributed by atoms with Gasteiger partial charge in [0, 0.05) is 37.3 Å². The molecule has 6 heteroatoms. The Morgan fingerprint density at radius 1 is 1.67 bits per heavy atom. The Morgan fingerprint density at radius 3 is 3.00 bits per heavy atom. The summed E-state index contributed by atoms with van der Waals surface area (Å²) in [5.74, 6) is 6.22. The number of nitrogens with zero attached hydrogens (tertiary/aromatic N) is 2. The number of methoxy groups -OCH3 is 1. The minimum absolute atomic E-state index is 0.622. The molecule has 0 spiro atoms. The second kappa shape index (κ2) is 6.47. The van der Waals surface area contributed by atoms with Gasteiger partial charge < -0.3 is 4.74 Å². The van der Waals surface area contributed by atoms with Crippen molar-refractivity contribution < 1.29 is 4.74 Å². The topological polar surface area (TPSA) is 63.4 Å². The number of thiazole rings is 1. The maximum absolute atomic E-state index is 5.36. The lowest BCUT2D eigenvalue weighted by atomic mass is 10.2. The molecular weight excluding hydrogens is 248 g/mol. The van der Waals surface area contributed by atoms with Gasteiger partial charge in [-0.2, -0.15) is 0 Å². The highest BCUT2D eigenvalue weighted by Crippen LogP contribution is 2.35. The molecule has 0 aromatic carbocycles. The Hall–Kier alpha value is -0.690. The van der Waals surface area contributed by atoms with Crippen molar-refractivity contribution in [2.45, 2.75) is 32.4 Å². The second-order valence-corrected chi connectivity index (χ2v) is 5.93. The molecule has 1 fully saturated rings.